The summed E-state index contributed by atoms with van der Waals surface area (Å²) in [7, 11) is 0. The molecule has 1 unspecified atom stereocenters. The first-order valence-corrected chi connectivity index (χ1v) is 9.09. The first kappa shape index (κ1) is 20.3. The van der Waals surface area contributed by atoms with Crippen LogP contribution in [0.1, 0.15) is 40.0 Å². The number of hydrogen-bond acceptors (Lipinski definition) is 6. The van der Waals surface area contributed by atoms with Gasteiger partial charge >= 0.3 is 6.18 Å². The predicted molar refractivity (Wildman–Crippen MR) is 101 cm³/mol. The summed E-state index contributed by atoms with van der Waals surface area (Å²) >= 11 is 1.37. The molecule has 0 aliphatic rings. The predicted octanol–water partition coefficient (Wildman–Crippen LogP) is 4.51. The van der Waals surface area contributed by atoms with E-state index in [0.29, 0.717) is 28.5 Å². The molecule has 0 bridgehead atoms. The Kier molecular flexibility index (Phi) is 5.79. The number of thiazole rings is 1. The van der Waals surface area contributed by atoms with E-state index >= 15 is 0 Å². The van der Waals surface area contributed by atoms with Crippen molar-refractivity contribution >= 4 is 23.5 Å². The first-order chi connectivity index (χ1) is 13.8. The maximum atomic E-state index is 13.0. The van der Waals surface area contributed by atoms with Crippen molar-refractivity contribution in [3.63, 3.8) is 0 Å². The normalized spacial score (nSPS) is 12.7. The van der Waals surface area contributed by atoms with E-state index < -0.39 is 23.6 Å². The highest BCUT2D eigenvalue weighted by atomic mass is 32.1. The molecule has 3 rings (SSSR count). The fraction of sp³-hybridized carbons (Fsp3) is 0.158. The SMILES string of the molecule is CC(C=NC(=O)c1cc(C#N)cc(C(F)(F)F)c1)c1nccnc1-c1nccs1. The van der Waals surface area contributed by atoms with Gasteiger partial charge in [0, 0.05) is 41.7 Å². The minimum absolute atomic E-state index is 0.272. The smallest absolute Gasteiger partial charge is 0.267 e. The second-order valence-electron chi connectivity index (χ2n) is 5.91. The highest BCUT2D eigenvalue weighted by Crippen LogP contribution is 2.31. The fourth-order valence-electron chi connectivity index (χ4n) is 2.49. The van der Waals surface area contributed by atoms with Crippen LogP contribution in [0.4, 0.5) is 13.2 Å². The number of carbonyl (C=O) groups is 1. The summed E-state index contributed by atoms with van der Waals surface area (Å²) in [4.78, 5) is 28.8. The third-order valence-corrected chi connectivity index (χ3v) is 4.62. The number of hydrogen-bond donors (Lipinski definition) is 0. The quantitative estimate of drug-likeness (QED) is 0.585. The number of benzene rings is 1. The highest BCUT2D eigenvalue weighted by molar-refractivity contribution is 7.13. The van der Waals surface area contributed by atoms with Gasteiger partial charge in [0.05, 0.1) is 22.9 Å². The van der Waals surface area contributed by atoms with E-state index in [0.717, 1.165) is 6.07 Å². The summed E-state index contributed by atoms with van der Waals surface area (Å²) in [6.07, 6.45) is 1.24. The zero-order valence-electron chi connectivity index (χ0n) is 14.9. The zero-order chi connectivity index (χ0) is 21.0. The van der Waals surface area contributed by atoms with Crippen LogP contribution in [-0.4, -0.2) is 27.1 Å². The fourth-order valence-corrected chi connectivity index (χ4v) is 3.13. The van der Waals surface area contributed by atoms with Crippen LogP contribution < -0.4 is 0 Å². The van der Waals surface area contributed by atoms with Gasteiger partial charge in [0.1, 0.15) is 10.7 Å². The molecular weight excluding hydrogens is 403 g/mol. The number of rotatable bonds is 4. The van der Waals surface area contributed by atoms with Crippen LogP contribution in [0.5, 0.6) is 0 Å². The zero-order valence-corrected chi connectivity index (χ0v) is 15.7. The second kappa shape index (κ2) is 8.28. The molecule has 146 valence electrons. The molecule has 0 saturated carbocycles. The van der Waals surface area contributed by atoms with Gasteiger partial charge in [-0.2, -0.15) is 18.4 Å². The third-order valence-electron chi connectivity index (χ3n) is 3.84. The van der Waals surface area contributed by atoms with Gasteiger partial charge in [0.25, 0.3) is 5.91 Å². The van der Waals surface area contributed by atoms with E-state index in [1.807, 2.05) is 0 Å². The number of amides is 1. The van der Waals surface area contributed by atoms with Crippen molar-refractivity contribution in [3.05, 3.63) is 64.6 Å². The number of halogens is 3. The van der Waals surface area contributed by atoms with Gasteiger partial charge in [-0.15, -0.1) is 11.3 Å². The van der Waals surface area contributed by atoms with Gasteiger partial charge < -0.3 is 0 Å². The molecule has 29 heavy (non-hydrogen) atoms. The van der Waals surface area contributed by atoms with E-state index in [-0.39, 0.29) is 11.1 Å². The highest BCUT2D eigenvalue weighted by Gasteiger charge is 2.31. The van der Waals surface area contributed by atoms with Crippen LogP contribution in [0.25, 0.3) is 10.7 Å². The Hall–Kier alpha value is -3.45. The lowest BCUT2D eigenvalue weighted by molar-refractivity contribution is -0.137. The third kappa shape index (κ3) is 4.70. The van der Waals surface area contributed by atoms with Gasteiger partial charge in [-0.3, -0.25) is 14.8 Å². The number of nitriles is 1. The van der Waals surface area contributed by atoms with Crippen molar-refractivity contribution in [3.8, 4) is 16.8 Å². The molecule has 2 heterocycles. The number of carbonyl (C=O) groups excluding carboxylic acids is 1. The maximum absolute atomic E-state index is 13.0. The summed E-state index contributed by atoms with van der Waals surface area (Å²) in [6.45, 7) is 1.73. The van der Waals surface area contributed by atoms with Gasteiger partial charge in [-0.25, -0.2) is 9.98 Å². The van der Waals surface area contributed by atoms with E-state index in [9.17, 15) is 18.0 Å². The largest absolute Gasteiger partial charge is 0.416 e. The summed E-state index contributed by atoms with van der Waals surface area (Å²) in [6, 6.07) is 4.05. The molecule has 1 amide bonds. The van der Waals surface area contributed by atoms with E-state index in [4.69, 9.17) is 5.26 Å². The molecule has 2 aromatic heterocycles. The number of alkyl halides is 3. The molecule has 0 saturated heterocycles. The van der Waals surface area contributed by atoms with Gasteiger partial charge in [0.2, 0.25) is 0 Å². The Morgan fingerprint density at radius 1 is 1.21 bits per heavy atom. The number of aromatic nitrogens is 3. The Labute approximate surface area is 167 Å². The molecule has 0 aliphatic carbocycles. The van der Waals surface area contributed by atoms with Crippen molar-refractivity contribution in [2.24, 2.45) is 4.99 Å². The van der Waals surface area contributed by atoms with Crippen LogP contribution >= 0.6 is 11.3 Å². The Balaban J connectivity index is 1.88. The van der Waals surface area contributed by atoms with Crippen molar-refractivity contribution in [2.45, 2.75) is 19.0 Å². The molecule has 0 aliphatic heterocycles. The van der Waals surface area contributed by atoms with Gasteiger partial charge in [-0.1, -0.05) is 6.92 Å². The average molecular weight is 415 g/mol. The second-order valence-corrected chi connectivity index (χ2v) is 6.80. The lowest BCUT2D eigenvalue weighted by atomic mass is 10.0. The van der Waals surface area contributed by atoms with Crippen LogP contribution in [-0.2, 0) is 6.18 Å². The maximum Gasteiger partial charge on any atom is 0.416 e. The molecule has 0 N–H and O–H groups in total. The average Bonchev–Trinajstić information content (AvgIpc) is 3.25. The summed E-state index contributed by atoms with van der Waals surface area (Å²) in [5.74, 6) is -1.34. The van der Waals surface area contributed by atoms with E-state index in [1.165, 1.54) is 29.9 Å². The van der Waals surface area contributed by atoms with Gasteiger partial charge in [0.15, 0.2) is 0 Å². The lowest BCUT2D eigenvalue weighted by Crippen LogP contribution is -2.09. The molecule has 10 heteroatoms. The van der Waals surface area contributed by atoms with Crippen molar-refractivity contribution in [2.75, 3.05) is 0 Å². The monoisotopic (exact) mass is 415 g/mol. The van der Waals surface area contributed by atoms with Gasteiger partial charge in [-0.05, 0) is 18.2 Å². The summed E-state index contributed by atoms with van der Waals surface area (Å²) in [5.41, 5.74) is -0.603. The minimum atomic E-state index is -4.68. The lowest BCUT2D eigenvalue weighted by Gasteiger charge is -2.09. The van der Waals surface area contributed by atoms with Crippen LogP contribution in [0.2, 0.25) is 0 Å². The molecule has 0 spiro atoms. The first-order valence-electron chi connectivity index (χ1n) is 8.21. The van der Waals surface area contributed by atoms with Crippen LogP contribution in [0, 0.1) is 11.3 Å². The number of aliphatic imine (C=N–C) groups is 1. The van der Waals surface area contributed by atoms with E-state index in [2.05, 4.69) is 19.9 Å². The Morgan fingerprint density at radius 2 is 1.97 bits per heavy atom. The topological polar surface area (TPSA) is 91.9 Å². The van der Waals surface area contributed by atoms with Crippen molar-refractivity contribution in [1.29, 1.82) is 5.26 Å². The molecule has 1 aromatic carbocycles. The molecule has 0 fully saturated rings. The van der Waals surface area contributed by atoms with Crippen LogP contribution in [0.15, 0.2) is 47.2 Å². The molecular formula is C19H12F3N5OS. The van der Waals surface area contributed by atoms with E-state index in [1.54, 1.807) is 24.6 Å². The summed E-state index contributed by atoms with van der Waals surface area (Å²) < 4.78 is 38.9. The molecule has 1 atom stereocenters. The minimum Gasteiger partial charge on any atom is -0.267 e. The summed E-state index contributed by atoms with van der Waals surface area (Å²) in [5, 5.41) is 11.4. The standard InChI is InChI=1S/C19H12F3N5OS/c1-11(15-16(25-3-2-24-15)18-26-4-5-29-18)10-27-17(28)13-6-12(9-23)7-14(8-13)19(20,21)22/h2-8,10-11H,1H3. The number of nitrogens with zero attached hydrogens (tertiary/aromatic N) is 5. The van der Waals surface area contributed by atoms with Crippen molar-refractivity contribution in [1.82, 2.24) is 15.0 Å². The van der Waals surface area contributed by atoms with Crippen molar-refractivity contribution < 1.29 is 18.0 Å². The molecule has 6 nitrogen and oxygen atoms in total. The Morgan fingerprint density at radius 3 is 2.62 bits per heavy atom. The Bertz CT molecular complexity index is 1100. The van der Waals surface area contributed by atoms with Crippen LogP contribution in [0.3, 0.4) is 0 Å². The molecule has 0 radical (unpaired) electrons. The molecule has 3 aromatic rings.